The first-order valence-electron chi connectivity index (χ1n) is 12.8. The number of hydrogen-bond donors (Lipinski definition) is 1. The van der Waals surface area contributed by atoms with Crippen molar-refractivity contribution >= 4 is 62.3 Å². The summed E-state index contributed by atoms with van der Waals surface area (Å²) in [5.74, 6) is -0.702. The Labute approximate surface area is 251 Å². The number of carbonyl (C=O) groups excluding carboxylic acids is 2. The van der Waals surface area contributed by atoms with Crippen molar-refractivity contribution in [3.63, 3.8) is 0 Å². The number of halogens is 3. The molecule has 7 nitrogen and oxygen atoms in total. The Morgan fingerprint density at radius 2 is 1.55 bits per heavy atom. The molecule has 11 heteroatoms. The van der Waals surface area contributed by atoms with Crippen LogP contribution in [0.5, 0.6) is 0 Å². The second-order valence-corrected chi connectivity index (χ2v) is 12.7. The molecule has 1 N–H and O–H groups in total. The normalized spacial score (nSPS) is 12.2. The van der Waals surface area contributed by atoms with Crippen LogP contribution in [0.1, 0.15) is 32.8 Å². The zero-order valence-electron chi connectivity index (χ0n) is 22.5. The Hall–Kier alpha value is -2.78. The van der Waals surface area contributed by atoms with Gasteiger partial charge in [-0.1, -0.05) is 92.0 Å². The fourth-order valence-corrected chi connectivity index (χ4v) is 6.07. The van der Waals surface area contributed by atoms with Crippen molar-refractivity contribution in [2.75, 3.05) is 17.4 Å². The minimum Gasteiger partial charge on any atom is -0.354 e. The highest BCUT2D eigenvalue weighted by molar-refractivity contribution is 7.92. The molecule has 2 amide bonds. The number of hydrogen-bond acceptors (Lipinski definition) is 4. The summed E-state index contributed by atoms with van der Waals surface area (Å²) in [4.78, 5) is 28.7. The van der Waals surface area contributed by atoms with E-state index in [9.17, 15) is 18.0 Å². The first-order chi connectivity index (χ1) is 18.9. The van der Waals surface area contributed by atoms with E-state index in [-0.39, 0.29) is 39.0 Å². The molecule has 0 aromatic heterocycles. The van der Waals surface area contributed by atoms with Gasteiger partial charge in [-0.05, 0) is 54.3 Å². The maximum Gasteiger partial charge on any atom is 0.264 e. The van der Waals surface area contributed by atoms with E-state index >= 15 is 0 Å². The van der Waals surface area contributed by atoms with Crippen molar-refractivity contribution < 1.29 is 18.0 Å². The summed E-state index contributed by atoms with van der Waals surface area (Å²) in [6.07, 6.45) is 0.312. The molecule has 0 bridgehead atoms. The quantitative estimate of drug-likeness (QED) is 0.252. The van der Waals surface area contributed by atoms with Crippen LogP contribution in [0.15, 0.2) is 77.7 Å². The van der Waals surface area contributed by atoms with Gasteiger partial charge in [-0.25, -0.2) is 8.42 Å². The average Bonchev–Trinajstić information content (AvgIpc) is 2.93. The van der Waals surface area contributed by atoms with Gasteiger partial charge in [-0.3, -0.25) is 13.9 Å². The van der Waals surface area contributed by atoms with E-state index in [0.717, 1.165) is 9.87 Å². The fourth-order valence-electron chi connectivity index (χ4n) is 4.05. The van der Waals surface area contributed by atoms with Gasteiger partial charge in [0, 0.05) is 18.1 Å². The second kappa shape index (κ2) is 14.2. The van der Waals surface area contributed by atoms with Crippen molar-refractivity contribution in [3.05, 3.63) is 93.4 Å². The van der Waals surface area contributed by atoms with Crippen LogP contribution >= 0.6 is 34.8 Å². The average molecular weight is 625 g/mol. The molecule has 0 aliphatic rings. The number of nitrogens with one attached hydrogen (secondary N) is 1. The van der Waals surface area contributed by atoms with Crippen LogP contribution in [0.25, 0.3) is 0 Å². The van der Waals surface area contributed by atoms with E-state index < -0.39 is 28.5 Å². The zero-order valence-corrected chi connectivity index (χ0v) is 25.6. The van der Waals surface area contributed by atoms with Gasteiger partial charge in [0.1, 0.15) is 12.6 Å². The third-order valence-corrected chi connectivity index (χ3v) is 8.98. The summed E-state index contributed by atoms with van der Waals surface area (Å²) >= 11 is 18.7. The van der Waals surface area contributed by atoms with E-state index in [1.165, 1.54) is 29.2 Å². The van der Waals surface area contributed by atoms with E-state index in [0.29, 0.717) is 18.0 Å². The number of benzene rings is 3. The van der Waals surface area contributed by atoms with Gasteiger partial charge in [0.25, 0.3) is 10.0 Å². The Kier molecular flexibility index (Phi) is 11.3. The maximum atomic E-state index is 14.1. The Morgan fingerprint density at radius 1 is 0.900 bits per heavy atom. The third kappa shape index (κ3) is 7.91. The van der Waals surface area contributed by atoms with Crippen molar-refractivity contribution in [3.8, 4) is 0 Å². The van der Waals surface area contributed by atoms with E-state index in [4.69, 9.17) is 34.8 Å². The predicted octanol–water partition coefficient (Wildman–Crippen LogP) is 6.42. The van der Waals surface area contributed by atoms with Gasteiger partial charge in [-0.15, -0.1) is 0 Å². The number of anilines is 1. The largest absolute Gasteiger partial charge is 0.354 e. The van der Waals surface area contributed by atoms with E-state index in [1.54, 1.807) is 55.5 Å². The van der Waals surface area contributed by atoms with Crippen molar-refractivity contribution in [2.45, 2.75) is 44.7 Å². The van der Waals surface area contributed by atoms with Crippen LogP contribution in [0.3, 0.4) is 0 Å². The fraction of sp³-hybridized carbons (Fsp3) is 0.310. The number of nitrogens with zero attached hydrogens (tertiary/aromatic N) is 2. The van der Waals surface area contributed by atoms with Gasteiger partial charge in [0.2, 0.25) is 11.8 Å². The summed E-state index contributed by atoms with van der Waals surface area (Å²) in [5.41, 5.74) is 0.779. The molecule has 3 aromatic rings. The lowest BCUT2D eigenvalue weighted by Gasteiger charge is -2.33. The summed E-state index contributed by atoms with van der Waals surface area (Å²) in [7, 11) is -4.25. The molecule has 0 heterocycles. The molecule has 0 unspecified atom stereocenters. The SMILES string of the molecule is CC[C@@H](C(=O)NCC(C)C)N(Cc1ccc(Cl)cc1)C(=O)CN(c1cccc(Cl)c1Cl)S(=O)(=O)c1ccccc1. The monoisotopic (exact) mass is 623 g/mol. The molecule has 40 heavy (non-hydrogen) atoms. The van der Waals surface area contributed by atoms with Crippen molar-refractivity contribution in [2.24, 2.45) is 5.92 Å². The van der Waals surface area contributed by atoms with Crippen LogP contribution in [-0.4, -0.2) is 44.3 Å². The predicted molar refractivity (Wildman–Crippen MR) is 161 cm³/mol. The van der Waals surface area contributed by atoms with Crippen LogP contribution in [-0.2, 0) is 26.2 Å². The number of sulfonamides is 1. The van der Waals surface area contributed by atoms with E-state index in [1.807, 2.05) is 13.8 Å². The lowest BCUT2D eigenvalue weighted by Crippen LogP contribution is -2.52. The maximum absolute atomic E-state index is 14.1. The molecule has 0 saturated heterocycles. The number of carbonyl (C=O) groups is 2. The standard InChI is InChI=1S/C29H32Cl3N3O4S/c1-4-25(29(37)33-17-20(2)3)34(18-21-13-15-22(30)16-14-21)27(36)19-35(26-12-8-11-24(31)28(26)32)40(38,39)23-9-6-5-7-10-23/h5-16,20,25H,4,17-19H2,1-3H3,(H,33,37)/t25-/m0/s1. The topological polar surface area (TPSA) is 86.8 Å². The van der Waals surface area contributed by atoms with Gasteiger partial charge >= 0.3 is 0 Å². The van der Waals surface area contributed by atoms with Crippen LogP contribution < -0.4 is 9.62 Å². The smallest absolute Gasteiger partial charge is 0.264 e. The Balaban J connectivity index is 2.07. The van der Waals surface area contributed by atoms with Crippen LogP contribution in [0.2, 0.25) is 15.1 Å². The molecule has 0 fully saturated rings. The Morgan fingerprint density at radius 3 is 2.15 bits per heavy atom. The van der Waals surface area contributed by atoms with Crippen molar-refractivity contribution in [1.29, 1.82) is 0 Å². The van der Waals surface area contributed by atoms with Gasteiger partial charge in [0.05, 0.1) is 20.6 Å². The van der Waals surface area contributed by atoms with Crippen molar-refractivity contribution in [1.82, 2.24) is 10.2 Å². The number of rotatable bonds is 12. The molecule has 214 valence electrons. The first-order valence-corrected chi connectivity index (χ1v) is 15.4. The van der Waals surface area contributed by atoms with Crippen LogP contribution in [0.4, 0.5) is 5.69 Å². The molecule has 0 spiro atoms. The highest BCUT2D eigenvalue weighted by Gasteiger charge is 2.34. The highest BCUT2D eigenvalue weighted by Crippen LogP contribution is 2.35. The molecule has 0 radical (unpaired) electrons. The zero-order chi connectivity index (χ0) is 29.4. The summed E-state index contributed by atoms with van der Waals surface area (Å²) in [6.45, 7) is 5.63. The summed E-state index contributed by atoms with van der Waals surface area (Å²) in [6, 6.07) is 18.4. The molecule has 0 aliphatic heterocycles. The summed E-state index contributed by atoms with van der Waals surface area (Å²) < 4.78 is 28.7. The molecule has 1 atom stereocenters. The molecular formula is C29H32Cl3N3O4S. The highest BCUT2D eigenvalue weighted by atomic mass is 35.5. The third-order valence-electron chi connectivity index (χ3n) is 6.15. The first kappa shape index (κ1) is 31.7. The molecule has 3 rings (SSSR count). The minimum atomic E-state index is -4.25. The van der Waals surface area contributed by atoms with Gasteiger partial charge in [0.15, 0.2) is 0 Å². The summed E-state index contributed by atoms with van der Waals surface area (Å²) in [5, 5.41) is 3.55. The van der Waals surface area contributed by atoms with Gasteiger partial charge < -0.3 is 10.2 Å². The molecule has 3 aromatic carbocycles. The molecule has 0 aliphatic carbocycles. The molecule has 0 saturated carbocycles. The lowest BCUT2D eigenvalue weighted by atomic mass is 10.1. The minimum absolute atomic E-state index is 0.0116. The number of amides is 2. The second-order valence-electron chi connectivity index (χ2n) is 9.61. The van der Waals surface area contributed by atoms with Gasteiger partial charge in [-0.2, -0.15) is 0 Å². The van der Waals surface area contributed by atoms with E-state index in [2.05, 4.69) is 5.32 Å². The lowest BCUT2D eigenvalue weighted by molar-refractivity contribution is -0.140. The molecular weight excluding hydrogens is 593 g/mol. The Bertz CT molecular complexity index is 1420. The van der Waals surface area contributed by atoms with Crippen LogP contribution in [0, 0.1) is 5.92 Å².